The fourth-order valence-electron chi connectivity index (χ4n) is 2.13. The lowest BCUT2D eigenvalue weighted by atomic mass is 9.93. The molecule has 21 heavy (non-hydrogen) atoms. The van der Waals surface area contributed by atoms with E-state index in [1.165, 1.54) is 11.3 Å². The number of hydrogen-bond acceptors (Lipinski definition) is 3. The number of rotatable bonds is 4. The quantitative estimate of drug-likeness (QED) is 0.898. The van der Waals surface area contributed by atoms with E-state index in [1.54, 1.807) is 0 Å². The molecule has 0 spiro atoms. The van der Waals surface area contributed by atoms with Crippen LogP contribution in [-0.4, -0.2) is 10.9 Å². The van der Waals surface area contributed by atoms with Gasteiger partial charge in [0.1, 0.15) is 0 Å². The molecule has 2 rings (SSSR count). The SMILES string of the molecule is CCC(C(=O)Nc1nc(C(C)(C)C)cs1)c1ccccc1. The Labute approximate surface area is 130 Å². The molecular weight excluding hydrogens is 280 g/mol. The number of amides is 1. The fraction of sp³-hybridized carbons (Fsp3) is 0.412. The van der Waals surface area contributed by atoms with Crippen LogP contribution in [-0.2, 0) is 10.2 Å². The highest BCUT2D eigenvalue weighted by molar-refractivity contribution is 7.14. The van der Waals surface area contributed by atoms with Crippen molar-refractivity contribution in [1.82, 2.24) is 4.98 Å². The Balaban J connectivity index is 2.11. The van der Waals surface area contributed by atoms with Crippen LogP contribution in [0.5, 0.6) is 0 Å². The lowest BCUT2D eigenvalue weighted by molar-refractivity contribution is -0.117. The van der Waals surface area contributed by atoms with Gasteiger partial charge in [0, 0.05) is 10.8 Å². The van der Waals surface area contributed by atoms with Crippen molar-refractivity contribution >= 4 is 22.4 Å². The molecular formula is C17H22N2OS. The first-order valence-corrected chi connectivity index (χ1v) is 8.11. The third-order valence-electron chi connectivity index (χ3n) is 3.43. The van der Waals surface area contributed by atoms with Crippen LogP contribution in [0, 0.1) is 0 Å². The van der Waals surface area contributed by atoms with E-state index in [0.29, 0.717) is 5.13 Å². The van der Waals surface area contributed by atoms with Crippen molar-refractivity contribution in [3.05, 3.63) is 47.0 Å². The predicted molar refractivity (Wildman–Crippen MR) is 88.9 cm³/mol. The molecule has 0 saturated heterocycles. The Hall–Kier alpha value is -1.68. The van der Waals surface area contributed by atoms with Crippen molar-refractivity contribution < 1.29 is 4.79 Å². The molecule has 0 fully saturated rings. The minimum atomic E-state index is -0.131. The number of nitrogens with zero attached hydrogens (tertiary/aromatic N) is 1. The predicted octanol–water partition coefficient (Wildman–Crippen LogP) is 4.57. The van der Waals surface area contributed by atoms with Gasteiger partial charge in [-0.15, -0.1) is 11.3 Å². The summed E-state index contributed by atoms with van der Waals surface area (Å²) in [6.45, 7) is 8.38. The lowest BCUT2D eigenvalue weighted by Crippen LogP contribution is -2.21. The number of nitrogens with one attached hydrogen (secondary N) is 1. The Morgan fingerprint density at radius 2 is 1.95 bits per heavy atom. The zero-order chi connectivity index (χ0) is 15.5. The van der Waals surface area contributed by atoms with E-state index in [2.05, 4.69) is 31.1 Å². The average Bonchev–Trinajstić information content (AvgIpc) is 2.89. The van der Waals surface area contributed by atoms with Gasteiger partial charge in [-0.2, -0.15) is 0 Å². The first-order chi connectivity index (χ1) is 9.91. The number of hydrogen-bond donors (Lipinski definition) is 1. The molecule has 0 aliphatic rings. The summed E-state index contributed by atoms with van der Waals surface area (Å²) in [5, 5.41) is 5.65. The molecule has 112 valence electrons. The molecule has 0 radical (unpaired) electrons. The number of carbonyl (C=O) groups is 1. The van der Waals surface area contributed by atoms with Crippen molar-refractivity contribution in [3.8, 4) is 0 Å². The van der Waals surface area contributed by atoms with E-state index in [4.69, 9.17) is 0 Å². The number of carbonyl (C=O) groups excluding carboxylic acids is 1. The molecule has 1 aromatic heterocycles. The van der Waals surface area contributed by atoms with E-state index in [-0.39, 0.29) is 17.2 Å². The monoisotopic (exact) mass is 302 g/mol. The van der Waals surface area contributed by atoms with E-state index < -0.39 is 0 Å². The first kappa shape index (κ1) is 15.7. The fourth-order valence-corrected chi connectivity index (χ4v) is 3.07. The first-order valence-electron chi connectivity index (χ1n) is 7.23. The molecule has 2 aromatic rings. The van der Waals surface area contributed by atoms with Gasteiger partial charge in [0.15, 0.2) is 5.13 Å². The van der Waals surface area contributed by atoms with Crippen LogP contribution in [0.4, 0.5) is 5.13 Å². The molecule has 1 N–H and O–H groups in total. The summed E-state index contributed by atoms with van der Waals surface area (Å²) >= 11 is 1.48. The second-order valence-electron chi connectivity index (χ2n) is 6.15. The van der Waals surface area contributed by atoms with Gasteiger partial charge < -0.3 is 5.32 Å². The molecule has 0 saturated carbocycles. The largest absolute Gasteiger partial charge is 0.301 e. The second-order valence-corrected chi connectivity index (χ2v) is 7.01. The topological polar surface area (TPSA) is 42.0 Å². The molecule has 4 heteroatoms. The molecule has 0 aliphatic carbocycles. The van der Waals surface area contributed by atoms with E-state index >= 15 is 0 Å². The van der Waals surface area contributed by atoms with Gasteiger partial charge in [-0.05, 0) is 12.0 Å². The smallest absolute Gasteiger partial charge is 0.233 e. The van der Waals surface area contributed by atoms with Crippen LogP contribution in [0.3, 0.4) is 0 Å². The van der Waals surface area contributed by atoms with E-state index in [9.17, 15) is 4.79 Å². The Morgan fingerprint density at radius 3 is 2.48 bits per heavy atom. The standard InChI is InChI=1S/C17H22N2OS/c1-5-13(12-9-7-6-8-10-12)15(20)19-16-18-14(11-21-16)17(2,3)4/h6-11,13H,5H2,1-4H3,(H,18,19,20). The van der Waals surface area contributed by atoms with Crippen LogP contribution in [0.1, 0.15) is 51.3 Å². The third kappa shape index (κ3) is 3.91. The Morgan fingerprint density at radius 1 is 1.29 bits per heavy atom. The summed E-state index contributed by atoms with van der Waals surface area (Å²) in [4.78, 5) is 17.0. The molecule has 1 amide bonds. The summed E-state index contributed by atoms with van der Waals surface area (Å²) in [5.41, 5.74) is 2.06. The van der Waals surface area contributed by atoms with Crippen LogP contribution >= 0.6 is 11.3 Å². The molecule has 0 bridgehead atoms. The van der Waals surface area contributed by atoms with Gasteiger partial charge in [0.2, 0.25) is 5.91 Å². The average molecular weight is 302 g/mol. The van der Waals surface area contributed by atoms with Crippen molar-refractivity contribution in [2.45, 2.75) is 45.4 Å². The number of aromatic nitrogens is 1. The van der Waals surface area contributed by atoms with Gasteiger partial charge in [-0.25, -0.2) is 4.98 Å². The zero-order valence-electron chi connectivity index (χ0n) is 13.0. The summed E-state index contributed by atoms with van der Waals surface area (Å²) in [5.74, 6) is -0.119. The highest BCUT2D eigenvalue weighted by atomic mass is 32.1. The van der Waals surface area contributed by atoms with E-state index in [0.717, 1.165) is 17.7 Å². The number of thiazole rings is 1. The van der Waals surface area contributed by atoms with Crippen molar-refractivity contribution in [3.63, 3.8) is 0 Å². The molecule has 1 atom stereocenters. The molecule has 1 heterocycles. The summed E-state index contributed by atoms with van der Waals surface area (Å²) in [6.07, 6.45) is 0.771. The van der Waals surface area contributed by atoms with Gasteiger partial charge in [-0.1, -0.05) is 58.0 Å². The minimum absolute atomic E-state index is 0.00304. The van der Waals surface area contributed by atoms with Crippen LogP contribution < -0.4 is 5.32 Å². The van der Waals surface area contributed by atoms with E-state index in [1.807, 2.05) is 42.6 Å². The molecule has 1 unspecified atom stereocenters. The van der Waals surface area contributed by atoms with Gasteiger partial charge in [-0.3, -0.25) is 4.79 Å². The second kappa shape index (κ2) is 6.39. The maximum absolute atomic E-state index is 12.5. The molecule has 0 aliphatic heterocycles. The number of anilines is 1. The normalized spacial score (nSPS) is 13.0. The summed E-state index contributed by atoms with van der Waals surface area (Å²) in [6, 6.07) is 9.88. The Bertz CT molecular complexity index is 599. The van der Waals surface area contributed by atoms with Crippen molar-refractivity contribution in [2.24, 2.45) is 0 Å². The summed E-state index contributed by atoms with van der Waals surface area (Å²) in [7, 11) is 0. The maximum atomic E-state index is 12.5. The highest BCUT2D eigenvalue weighted by Crippen LogP contribution is 2.28. The van der Waals surface area contributed by atoms with Gasteiger partial charge in [0.05, 0.1) is 11.6 Å². The minimum Gasteiger partial charge on any atom is -0.301 e. The van der Waals surface area contributed by atoms with Crippen molar-refractivity contribution in [2.75, 3.05) is 5.32 Å². The maximum Gasteiger partial charge on any atom is 0.233 e. The number of benzene rings is 1. The van der Waals surface area contributed by atoms with Crippen LogP contribution in [0.15, 0.2) is 35.7 Å². The van der Waals surface area contributed by atoms with Crippen LogP contribution in [0.25, 0.3) is 0 Å². The van der Waals surface area contributed by atoms with Crippen LogP contribution in [0.2, 0.25) is 0 Å². The Kier molecular flexibility index (Phi) is 4.78. The molecule has 1 aromatic carbocycles. The summed E-state index contributed by atoms with van der Waals surface area (Å²) < 4.78 is 0. The lowest BCUT2D eigenvalue weighted by Gasteiger charge is -2.15. The van der Waals surface area contributed by atoms with Gasteiger partial charge >= 0.3 is 0 Å². The molecule has 3 nitrogen and oxygen atoms in total. The van der Waals surface area contributed by atoms with Crippen molar-refractivity contribution in [1.29, 1.82) is 0 Å². The third-order valence-corrected chi connectivity index (χ3v) is 4.19. The highest BCUT2D eigenvalue weighted by Gasteiger charge is 2.21. The van der Waals surface area contributed by atoms with Gasteiger partial charge in [0.25, 0.3) is 0 Å². The zero-order valence-corrected chi connectivity index (χ0v) is 13.8.